The second-order valence-corrected chi connectivity index (χ2v) is 7.56. The maximum atomic E-state index is 13.0. The van der Waals surface area contributed by atoms with Gasteiger partial charge in [-0.2, -0.15) is 11.3 Å². The van der Waals surface area contributed by atoms with Gasteiger partial charge < -0.3 is 9.64 Å². The van der Waals surface area contributed by atoms with Crippen LogP contribution in [0.3, 0.4) is 0 Å². The molecule has 0 aliphatic carbocycles. The molecule has 1 aliphatic rings. The molecule has 1 aliphatic heterocycles. The standard InChI is InChI=1S/C22H22N2O2S/c1-16-20(7-8-21(23-16)18-9-12-27-15-18)22(25)24-10-11-26-19(14-24)13-17-5-3-2-4-6-17/h2-9,12,15,19H,10-11,13-14H2,1H3/t19-/m0/s1. The summed E-state index contributed by atoms with van der Waals surface area (Å²) in [5.74, 6) is 0.0400. The Hall–Kier alpha value is -2.50. The summed E-state index contributed by atoms with van der Waals surface area (Å²) in [7, 11) is 0. The third-order valence-corrected chi connectivity index (χ3v) is 5.55. The van der Waals surface area contributed by atoms with E-state index in [9.17, 15) is 4.79 Å². The minimum absolute atomic E-state index is 0.0310. The van der Waals surface area contributed by atoms with Crippen LogP contribution in [0.15, 0.2) is 59.3 Å². The summed E-state index contributed by atoms with van der Waals surface area (Å²) in [5.41, 5.74) is 4.68. The van der Waals surface area contributed by atoms with E-state index < -0.39 is 0 Å². The quantitative estimate of drug-likeness (QED) is 0.683. The number of aryl methyl sites for hydroxylation is 1. The van der Waals surface area contributed by atoms with Crippen LogP contribution in [0, 0.1) is 6.92 Å². The number of amides is 1. The average Bonchev–Trinajstić information content (AvgIpc) is 3.23. The number of carbonyl (C=O) groups is 1. The number of nitrogens with zero attached hydrogens (tertiary/aromatic N) is 2. The van der Waals surface area contributed by atoms with Crippen LogP contribution in [0.5, 0.6) is 0 Å². The van der Waals surface area contributed by atoms with E-state index in [4.69, 9.17) is 4.74 Å². The van der Waals surface area contributed by atoms with Crippen LogP contribution in [-0.4, -0.2) is 41.6 Å². The summed E-state index contributed by atoms with van der Waals surface area (Å²) < 4.78 is 5.89. The van der Waals surface area contributed by atoms with Crippen molar-refractivity contribution in [1.29, 1.82) is 0 Å². The highest BCUT2D eigenvalue weighted by Crippen LogP contribution is 2.23. The highest BCUT2D eigenvalue weighted by atomic mass is 32.1. The van der Waals surface area contributed by atoms with E-state index in [2.05, 4.69) is 22.5 Å². The molecule has 0 saturated carbocycles. The second kappa shape index (κ2) is 8.03. The molecule has 27 heavy (non-hydrogen) atoms. The first-order chi connectivity index (χ1) is 13.2. The second-order valence-electron chi connectivity index (χ2n) is 6.78. The first-order valence-electron chi connectivity index (χ1n) is 9.16. The van der Waals surface area contributed by atoms with Gasteiger partial charge in [-0.15, -0.1) is 0 Å². The summed E-state index contributed by atoms with van der Waals surface area (Å²) >= 11 is 1.65. The van der Waals surface area contributed by atoms with E-state index in [0.717, 1.165) is 23.4 Å². The molecule has 0 radical (unpaired) electrons. The van der Waals surface area contributed by atoms with Crippen LogP contribution in [-0.2, 0) is 11.2 Å². The number of hydrogen-bond acceptors (Lipinski definition) is 4. The molecule has 0 bridgehead atoms. The molecule has 1 fully saturated rings. The molecule has 1 atom stereocenters. The third-order valence-electron chi connectivity index (χ3n) is 4.87. The van der Waals surface area contributed by atoms with Gasteiger partial charge in [0.25, 0.3) is 5.91 Å². The van der Waals surface area contributed by atoms with Crippen LogP contribution in [0.1, 0.15) is 21.6 Å². The van der Waals surface area contributed by atoms with Gasteiger partial charge >= 0.3 is 0 Å². The number of rotatable bonds is 4. The van der Waals surface area contributed by atoms with Crippen LogP contribution in [0.2, 0.25) is 0 Å². The Kier molecular flexibility index (Phi) is 5.32. The Morgan fingerprint density at radius 1 is 1.22 bits per heavy atom. The molecule has 1 aromatic carbocycles. The monoisotopic (exact) mass is 378 g/mol. The van der Waals surface area contributed by atoms with E-state index in [0.29, 0.717) is 25.3 Å². The van der Waals surface area contributed by atoms with Crippen molar-refractivity contribution >= 4 is 17.2 Å². The van der Waals surface area contributed by atoms with Gasteiger partial charge in [0.2, 0.25) is 0 Å². The summed E-state index contributed by atoms with van der Waals surface area (Å²) in [4.78, 5) is 19.6. The molecule has 0 spiro atoms. The van der Waals surface area contributed by atoms with Crippen molar-refractivity contribution in [3.05, 3.63) is 76.1 Å². The zero-order valence-corrected chi connectivity index (χ0v) is 16.1. The van der Waals surface area contributed by atoms with Gasteiger partial charge in [-0.05, 0) is 36.1 Å². The Labute approximate surface area is 163 Å². The van der Waals surface area contributed by atoms with Crippen molar-refractivity contribution in [3.8, 4) is 11.3 Å². The molecule has 4 nitrogen and oxygen atoms in total. The predicted molar refractivity (Wildman–Crippen MR) is 108 cm³/mol. The number of aromatic nitrogens is 1. The molecule has 3 heterocycles. The topological polar surface area (TPSA) is 42.4 Å². The lowest BCUT2D eigenvalue weighted by Crippen LogP contribution is -2.46. The summed E-state index contributed by atoms with van der Waals surface area (Å²) in [6.45, 7) is 3.71. The smallest absolute Gasteiger partial charge is 0.255 e. The molecule has 5 heteroatoms. The van der Waals surface area contributed by atoms with E-state index >= 15 is 0 Å². The molecule has 4 rings (SSSR count). The molecule has 3 aromatic rings. The maximum absolute atomic E-state index is 13.0. The van der Waals surface area contributed by atoms with Gasteiger partial charge in [0.15, 0.2) is 0 Å². The van der Waals surface area contributed by atoms with E-state index in [1.165, 1.54) is 5.56 Å². The lowest BCUT2D eigenvalue weighted by atomic mass is 10.1. The SMILES string of the molecule is Cc1nc(-c2ccsc2)ccc1C(=O)N1CCO[C@@H](Cc2ccccc2)C1. The van der Waals surface area contributed by atoms with Crippen molar-refractivity contribution in [2.24, 2.45) is 0 Å². The number of hydrogen-bond donors (Lipinski definition) is 0. The molecule has 1 amide bonds. The van der Waals surface area contributed by atoms with E-state index in [1.54, 1.807) is 11.3 Å². The highest BCUT2D eigenvalue weighted by Gasteiger charge is 2.26. The summed E-state index contributed by atoms with van der Waals surface area (Å²) in [6.07, 6.45) is 0.849. The van der Waals surface area contributed by atoms with Crippen LogP contribution < -0.4 is 0 Å². The average molecular weight is 378 g/mol. The third kappa shape index (κ3) is 4.10. The Morgan fingerprint density at radius 2 is 2.07 bits per heavy atom. The van der Waals surface area contributed by atoms with Gasteiger partial charge in [0.05, 0.1) is 29.7 Å². The summed E-state index contributed by atoms with van der Waals surface area (Å²) in [5, 5.41) is 4.10. The molecule has 138 valence electrons. The van der Waals surface area contributed by atoms with Crippen molar-refractivity contribution in [3.63, 3.8) is 0 Å². The Bertz CT molecular complexity index is 909. The van der Waals surface area contributed by atoms with Crippen molar-refractivity contribution in [2.75, 3.05) is 19.7 Å². The molecule has 0 unspecified atom stereocenters. The number of morpholine rings is 1. The fraction of sp³-hybridized carbons (Fsp3) is 0.273. The number of benzene rings is 1. The van der Waals surface area contributed by atoms with Gasteiger partial charge in [-0.1, -0.05) is 30.3 Å². The van der Waals surface area contributed by atoms with Crippen molar-refractivity contribution in [2.45, 2.75) is 19.4 Å². The Morgan fingerprint density at radius 3 is 2.81 bits per heavy atom. The number of pyridine rings is 1. The van der Waals surface area contributed by atoms with Gasteiger partial charge in [-0.25, -0.2) is 0 Å². The predicted octanol–water partition coefficient (Wildman–Crippen LogP) is 4.20. The Balaban J connectivity index is 1.47. The van der Waals surface area contributed by atoms with Crippen molar-refractivity contribution < 1.29 is 9.53 Å². The molecule has 1 saturated heterocycles. The maximum Gasteiger partial charge on any atom is 0.255 e. The molecule has 0 N–H and O–H groups in total. The molecule has 2 aromatic heterocycles. The first-order valence-corrected chi connectivity index (χ1v) is 10.1. The fourth-order valence-corrected chi connectivity index (χ4v) is 4.08. The number of ether oxygens (including phenoxy) is 1. The first kappa shape index (κ1) is 17.9. The van der Waals surface area contributed by atoms with Crippen LogP contribution in [0.4, 0.5) is 0 Å². The normalized spacial score (nSPS) is 17.1. The largest absolute Gasteiger partial charge is 0.374 e. The lowest BCUT2D eigenvalue weighted by molar-refractivity contribution is -0.0208. The number of carbonyl (C=O) groups excluding carboxylic acids is 1. The minimum atomic E-state index is 0.0310. The summed E-state index contributed by atoms with van der Waals surface area (Å²) in [6, 6.07) is 16.2. The molecular weight excluding hydrogens is 356 g/mol. The lowest BCUT2D eigenvalue weighted by Gasteiger charge is -2.33. The minimum Gasteiger partial charge on any atom is -0.374 e. The van der Waals surface area contributed by atoms with Crippen molar-refractivity contribution in [1.82, 2.24) is 9.88 Å². The van der Waals surface area contributed by atoms with Gasteiger partial charge in [-0.3, -0.25) is 9.78 Å². The van der Waals surface area contributed by atoms with Crippen LogP contribution >= 0.6 is 11.3 Å². The van der Waals surface area contributed by atoms with Crippen LogP contribution in [0.25, 0.3) is 11.3 Å². The highest BCUT2D eigenvalue weighted by molar-refractivity contribution is 7.08. The zero-order valence-electron chi connectivity index (χ0n) is 15.3. The van der Waals surface area contributed by atoms with Gasteiger partial charge in [0.1, 0.15) is 0 Å². The van der Waals surface area contributed by atoms with E-state index in [-0.39, 0.29) is 12.0 Å². The molecular formula is C22H22N2O2S. The fourth-order valence-electron chi connectivity index (χ4n) is 3.43. The number of thiophene rings is 1. The van der Waals surface area contributed by atoms with E-state index in [1.807, 2.05) is 53.6 Å². The zero-order chi connectivity index (χ0) is 18.6. The van der Waals surface area contributed by atoms with Gasteiger partial charge in [0, 0.05) is 30.5 Å².